The summed E-state index contributed by atoms with van der Waals surface area (Å²) in [6.07, 6.45) is 16.2. The summed E-state index contributed by atoms with van der Waals surface area (Å²) >= 11 is 0. The summed E-state index contributed by atoms with van der Waals surface area (Å²) < 4.78 is 11.9. The van der Waals surface area contributed by atoms with Crippen LogP contribution in [0.4, 0.5) is 0 Å². The van der Waals surface area contributed by atoms with Gasteiger partial charge in [-0.3, -0.25) is 0 Å². The van der Waals surface area contributed by atoms with Crippen molar-refractivity contribution < 1.29 is 14.6 Å². The van der Waals surface area contributed by atoms with Crippen LogP contribution in [-0.4, -0.2) is 29.7 Å². The van der Waals surface area contributed by atoms with Gasteiger partial charge in [-0.25, -0.2) is 0 Å². The standard InChI is InChI=1S/C22H28O3/c1-3-21(23)10-8-19-18-5-4-15-14-22(24-12-13-25-22)11-7-16(15)17(18)6-9-20(19,21)2/h1,6,18-19,23H,4-5,7-14H2,2H3/t18-,19+,20+,21+/m1/s1. The van der Waals surface area contributed by atoms with Crippen LogP contribution in [0.3, 0.4) is 0 Å². The molecule has 0 unspecified atom stereocenters. The molecule has 1 heterocycles. The predicted molar refractivity (Wildman–Crippen MR) is 95.5 cm³/mol. The van der Waals surface area contributed by atoms with Crippen LogP contribution in [0.1, 0.15) is 58.3 Å². The van der Waals surface area contributed by atoms with Crippen molar-refractivity contribution in [3.8, 4) is 12.3 Å². The van der Waals surface area contributed by atoms with E-state index in [1.165, 1.54) is 6.42 Å². The van der Waals surface area contributed by atoms with Crippen LogP contribution in [-0.2, 0) is 9.47 Å². The number of hydrogen-bond donors (Lipinski definition) is 1. The third kappa shape index (κ3) is 2.05. The van der Waals surface area contributed by atoms with Gasteiger partial charge in [0.2, 0.25) is 0 Å². The van der Waals surface area contributed by atoms with Gasteiger partial charge in [0.05, 0.1) is 13.2 Å². The van der Waals surface area contributed by atoms with Gasteiger partial charge in [0, 0.05) is 18.3 Å². The van der Waals surface area contributed by atoms with Crippen LogP contribution in [0.5, 0.6) is 0 Å². The number of allylic oxidation sites excluding steroid dienone is 3. The molecular formula is C22H28O3. The number of rotatable bonds is 0. The minimum absolute atomic E-state index is 0.165. The van der Waals surface area contributed by atoms with Gasteiger partial charge >= 0.3 is 0 Å². The smallest absolute Gasteiger partial charge is 0.172 e. The Balaban J connectivity index is 1.49. The van der Waals surface area contributed by atoms with Gasteiger partial charge in [-0.05, 0) is 61.5 Å². The molecule has 0 aromatic rings. The molecule has 5 rings (SSSR count). The van der Waals surface area contributed by atoms with Gasteiger partial charge in [-0.15, -0.1) is 6.42 Å². The molecule has 0 amide bonds. The molecule has 4 aliphatic carbocycles. The molecule has 1 aliphatic heterocycles. The fourth-order valence-corrected chi connectivity index (χ4v) is 6.54. The van der Waals surface area contributed by atoms with Crippen LogP contribution in [0.2, 0.25) is 0 Å². The van der Waals surface area contributed by atoms with Gasteiger partial charge < -0.3 is 14.6 Å². The van der Waals surface area contributed by atoms with Crippen LogP contribution in [0, 0.1) is 29.6 Å². The van der Waals surface area contributed by atoms with E-state index in [0.717, 1.165) is 58.2 Å². The fraction of sp³-hybridized carbons (Fsp3) is 0.727. The Bertz CT molecular complexity index is 705. The third-order valence-electron chi connectivity index (χ3n) is 8.03. The highest BCUT2D eigenvalue weighted by atomic mass is 16.7. The van der Waals surface area contributed by atoms with E-state index in [2.05, 4.69) is 18.9 Å². The summed E-state index contributed by atoms with van der Waals surface area (Å²) in [5.41, 5.74) is 3.61. The summed E-state index contributed by atoms with van der Waals surface area (Å²) in [6.45, 7) is 3.69. The van der Waals surface area contributed by atoms with E-state index in [1.807, 2.05) is 0 Å². The molecule has 0 bridgehead atoms. The maximum Gasteiger partial charge on any atom is 0.172 e. The van der Waals surface area contributed by atoms with Crippen molar-refractivity contribution in [2.45, 2.75) is 69.7 Å². The number of ether oxygens (including phenoxy) is 2. The molecule has 1 N–H and O–H groups in total. The molecule has 3 heteroatoms. The van der Waals surface area contributed by atoms with Crippen molar-refractivity contribution in [1.29, 1.82) is 0 Å². The SMILES string of the molecule is C#C[C@]1(O)CC[C@H]2[C@@H]3CCC4=C(CCC5(C4)OCCO5)C3=CC[C@@]21C. The van der Waals surface area contributed by atoms with Gasteiger partial charge in [-0.2, -0.15) is 0 Å². The van der Waals surface area contributed by atoms with Gasteiger partial charge in [0.15, 0.2) is 5.79 Å². The lowest BCUT2D eigenvalue weighted by atomic mass is 9.56. The van der Waals surface area contributed by atoms with Gasteiger partial charge in [0.25, 0.3) is 0 Å². The summed E-state index contributed by atoms with van der Waals surface area (Å²) in [5, 5.41) is 11.0. The molecule has 1 saturated heterocycles. The van der Waals surface area contributed by atoms with Crippen molar-refractivity contribution in [3.05, 3.63) is 22.8 Å². The highest BCUT2D eigenvalue weighted by molar-refractivity contribution is 5.45. The number of fused-ring (bicyclic) bond motifs is 4. The molecule has 0 radical (unpaired) electrons. The average Bonchev–Trinajstić information content (AvgIpc) is 3.18. The average molecular weight is 340 g/mol. The summed E-state index contributed by atoms with van der Waals surface area (Å²) in [4.78, 5) is 0. The second kappa shape index (κ2) is 5.22. The Kier molecular flexibility index (Phi) is 3.37. The molecule has 0 aromatic carbocycles. The summed E-state index contributed by atoms with van der Waals surface area (Å²) in [7, 11) is 0. The van der Waals surface area contributed by atoms with E-state index >= 15 is 0 Å². The first kappa shape index (κ1) is 16.1. The molecule has 1 spiro atoms. The molecule has 0 aromatic heterocycles. The topological polar surface area (TPSA) is 38.7 Å². The maximum absolute atomic E-state index is 11.0. The number of terminal acetylenes is 1. The van der Waals surface area contributed by atoms with Crippen molar-refractivity contribution in [2.24, 2.45) is 17.3 Å². The first-order valence-electron chi connectivity index (χ1n) is 9.90. The van der Waals surface area contributed by atoms with E-state index in [1.54, 1.807) is 16.7 Å². The molecule has 4 atom stereocenters. The van der Waals surface area contributed by atoms with Crippen LogP contribution >= 0.6 is 0 Å². The Morgan fingerprint density at radius 3 is 2.76 bits per heavy atom. The molecule has 25 heavy (non-hydrogen) atoms. The molecule has 2 fully saturated rings. The highest BCUT2D eigenvalue weighted by Crippen LogP contribution is 2.62. The van der Waals surface area contributed by atoms with Gasteiger partial charge in [-0.1, -0.05) is 24.5 Å². The zero-order valence-corrected chi connectivity index (χ0v) is 15.1. The minimum Gasteiger partial charge on any atom is -0.377 e. The Hall–Kier alpha value is -1.08. The largest absolute Gasteiger partial charge is 0.377 e. The van der Waals surface area contributed by atoms with Crippen molar-refractivity contribution in [2.75, 3.05) is 13.2 Å². The lowest BCUT2D eigenvalue weighted by molar-refractivity contribution is -0.164. The summed E-state index contributed by atoms with van der Waals surface area (Å²) in [6, 6.07) is 0. The Morgan fingerprint density at radius 1 is 1.20 bits per heavy atom. The first-order chi connectivity index (χ1) is 12.0. The number of aliphatic hydroxyl groups is 1. The lowest BCUT2D eigenvalue weighted by Gasteiger charge is -2.50. The molecule has 1 saturated carbocycles. The fourth-order valence-electron chi connectivity index (χ4n) is 6.54. The second-order valence-corrected chi connectivity index (χ2v) is 8.94. The molecule has 5 aliphatic rings. The van der Waals surface area contributed by atoms with Crippen molar-refractivity contribution >= 4 is 0 Å². The van der Waals surface area contributed by atoms with E-state index in [0.29, 0.717) is 11.8 Å². The molecule has 134 valence electrons. The lowest BCUT2D eigenvalue weighted by Crippen LogP contribution is -2.48. The molecular weight excluding hydrogens is 312 g/mol. The van der Waals surface area contributed by atoms with Crippen molar-refractivity contribution in [1.82, 2.24) is 0 Å². The third-order valence-corrected chi connectivity index (χ3v) is 8.03. The monoisotopic (exact) mass is 340 g/mol. The van der Waals surface area contributed by atoms with E-state index in [4.69, 9.17) is 15.9 Å². The molecule has 3 nitrogen and oxygen atoms in total. The quantitative estimate of drug-likeness (QED) is 0.683. The van der Waals surface area contributed by atoms with Crippen LogP contribution in [0.25, 0.3) is 0 Å². The number of hydrogen-bond acceptors (Lipinski definition) is 3. The zero-order chi connectivity index (χ0) is 17.3. The van der Waals surface area contributed by atoms with E-state index < -0.39 is 5.60 Å². The Labute approximate surface area is 150 Å². The zero-order valence-electron chi connectivity index (χ0n) is 15.1. The maximum atomic E-state index is 11.0. The predicted octanol–water partition coefficient (Wildman–Crippen LogP) is 3.73. The van der Waals surface area contributed by atoms with E-state index in [-0.39, 0.29) is 11.2 Å². The van der Waals surface area contributed by atoms with Crippen molar-refractivity contribution in [3.63, 3.8) is 0 Å². The Morgan fingerprint density at radius 2 is 2.00 bits per heavy atom. The highest BCUT2D eigenvalue weighted by Gasteiger charge is 2.60. The summed E-state index contributed by atoms with van der Waals surface area (Å²) in [5.74, 6) is 3.50. The van der Waals surface area contributed by atoms with Crippen LogP contribution in [0.15, 0.2) is 22.8 Å². The second-order valence-electron chi connectivity index (χ2n) is 8.94. The first-order valence-corrected chi connectivity index (χ1v) is 9.90. The van der Waals surface area contributed by atoms with E-state index in [9.17, 15) is 5.11 Å². The van der Waals surface area contributed by atoms with Crippen LogP contribution < -0.4 is 0 Å². The minimum atomic E-state index is -0.934. The van der Waals surface area contributed by atoms with Gasteiger partial charge in [0.1, 0.15) is 5.60 Å². The normalized spacial score (nSPS) is 44.8.